The first-order chi connectivity index (χ1) is 13.0. The molecule has 0 aliphatic carbocycles. The molecular weight excluding hydrogens is 342 g/mol. The van der Waals surface area contributed by atoms with Gasteiger partial charge in [0.25, 0.3) is 0 Å². The first kappa shape index (κ1) is 20.4. The highest BCUT2D eigenvalue weighted by Crippen LogP contribution is 2.33. The standard InChI is InChI=1S/C22H27NO4/c1-15(2)17-9-6-16(7-10-17)8-11-22(24)23-14-19-20(26-4)12-18(25-3)13-21(19)27-5/h6-13,15H,14H2,1-5H3,(H,23,24)/b11-8+. The van der Waals surface area contributed by atoms with Crippen molar-refractivity contribution in [3.05, 3.63) is 59.2 Å². The Morgan fingerprint density at radius 3 is 2.07 bits per heavy atom. The van der Waals surface area contributed by atoms with Gasteiger partial charge < -0.3 is 19.5 Å². The Balaban J connectivity index is 2.04. The fourth-order valence-electron chi connectivity index (χ4n) is 2.65. The lowest BCUT2D eigenvalue weighted by Gasteiger charge is -2.15. The van der Waals surface area contributed by atoms with Crippen LogP contribution in [0, 0.1) is 0 Å². The second-order valence-corrected chi connectivity index (χ2v) is 6.38. The minimum Gasteiger partial charge on any atom is -0.496 e. The number of amides is 1. The van der Waals surface area contributed by atoms with Crippen LogP contribution in [0.15, 0.2) is 42.5 Å². The normalized spacial score (nSPS) is 10.9. The van der Waals surface area contributed by atoms with E-state index in [1.807, 2.05) is 12.1 Å². The minimum atomic E-state index is -0.192. The zero-order chi connectivity index (χ0) is 19.8. The summed E-state index contributed by atoms with van der Waals surface area (Å²) in [7, 11) is 4.72. The van der Waals surface area contributed by atoms with Crippen LogP contribution < -0.4 is 19.5 Å². The van der Waals surface area contributed by atoms with Crippen molar-refractivity contribution in [1.82, 2.24) is 5.32 Å². The van der Waals surface area contributed by atoms with Crippen LogP contribution >= 0.6 is 0 Å². The summed E-state index contributed by atoms with van der Waals surface area (Å²) in [6, 6.07) is 11.7. The van der Waals surface area contributed by atoms with Gasteiger partial charge in [-0.05, 0) is 23.1 Å². The Bertz CT molecular complexity index is 769. The Hall–Kier alpha value is -2.95. The van der Waals surface area contributed by atoms with Gasteiger partial charge in [0.05, 0.1) is 33.4 Å². The van der Waals surface area contributed by atoms with Crippen molar-refractivity contribution < 1.29 is 19.0 Å². The molecule has 0 saturated heterocycles. The van der Waals surface area contributed by atoms with Gasteiger partial charge >= 0.3 is 0 Å². The van der Waals surface area contributed by atoms with Gasteiger partial charge in [-0.25, -0.2) is 0 Å². The zero-order valence-electron chi connectivity index (χ0n) is 16.5. The van der Waals surface area contributed by atoms with Crippen LogP contribution in [0.2, 0.25) is 0 Å². The number of rotatable bonds is 8. The molecular formula is C22H27NO4. The lowest BCUT2D eigenvalue weighted by molar-refractivity contribution is -0.116. The molecule has 0 heterocycles. The van der Waals surface area contributed by atoms with E-state index in [2.05, 4.69) is 31.3 Å². The number of ether oxygens (including phenoxy) is 3. The predicted molar refractivity (Wildman–Crippen MR) is 108 cm³/mol. The minimum absolute atomic E-state index is 0.192. The van der Waals surface area contributed by atoms with E-state index in [-0.39, 0.29) is 12.5 Å². The van der Waals surface area contributed by atoms with Gasteiger partial charge in [-0.2, -0.15) is 0 Å². The maximum atomic E-state index is 12.2. The topological polar surface area (TPSA) is 56.8 Å². The van der Waals surface area contributed by atoms with Crippen molar-refractivity contribution in [2.75, 3.05) is 21.3 Å². The van der Waals surface area contributed by atoms with Crippen molar-refractivity contribution in [3.8, 4) is 17.2 Å². The largest absolute Gasteiger partial charge is 0.496 e. The highest BCUT2D eigenvalue weighted by atomic mass is 16.5. The quantitative estimate of drug-likeness (QED) is 0.710. The smallest absolute Gasteiger partial charge is 0.244 e. The second kappa shape index (κ2) is 9.67. The summed E-state index contributed by atoms with van der Waals surface area (Å²) in [4.78, 5) is 12.2. The molecule has 0 fully saturated rings. The molecule has 0 radical (unpaired) electrons. The molecule has 0 aliphatic heterocycles. The fourth-order valence-corrected chi connectivity index (χ4v) is 2.65. The molecule has 0 spiro atoms. The molecule has 2 aromatic rings. The highest BCUT2D eigenvalue weighted by molar-refractivity contribution is 5.91. The first-order valence-corrected chi connectivity index (χ1v) is 8.83. The number of benzene rings is 2. The van der Waals surface area contributed by atoms with Crippen molar-refractivity contribution >= 4 is 12.0 Å². The van der Waals surface area contributed by atoms with Crippen LogP contribution in [0.5, 0.6) is 17.2 Å². The molecule has 5 heteroatoms. The number of hydrogen-bond acceptors (Lipinski definition) is 4. The molecule has 0 unspecified atom stereocenters. The fraction of sp³-hybridized carbons (Fsp3) is 0.318. The van der Waals surface area contributed by atoms with E-state index in [4.69, 9.17) is 14.2 Å². The molecule has 2 rings (SSSR count). The number of hydrogen-bond donors (Lipinski definition) is 1. The average Bonchev–Trinajstić information content (AvgIpc) is 2.70. The third-order valence-corrected chi connectivity index (χ3v) is 4.29. The van der Waals surface area contributed by atoms with Gasteiger partial charge in [0.1, 0.15) is 17.2 Å². The summed E-state index contributed by atoms with van der Waals surface area (Å²) in [5.41, 5.74) is 3.01. The second-order valence-electron chi connectivity index (χ2n) is 6.38. The molecule has 2 aromatic carbocycles. The van der Waals surface area contributed by atoms with Crippen molar-refractivity contribution in [2.24, 2.45) is 0 Å². The summed E-state index contributed by atoms with van der Waals surface area (Å²) < 4.78 is 16.0. The molecule has 0 aliphatic rings. The van der Waals surface area contributed by atoms with Gasteiger partial charge in [-0.1, -0.05) is 38.1 Å². The molecule has 0 saturated carbocycles. The molecule has 27 heavy (non-hydrogen) atoms. The van der Waals surface area contributed by atoms with Crippen LogP contribution in [0.3, 0.4) is 0 Å². The number of nitrogens with one attached hydrogen (secondary N) is 1. The number of carbonyl (C=O) groups is 1. The molecule has 0 bridgehead atoms. The van der Waals surface area contributed by atoms with E-state index < -0.39 is 0 Å². The van der Waals surface area contributed by atoms with E-state index in [1.165, 1.54) is 11.6 Å². The van der Waals surface area contributed by atoms with E-state index in [0.717, 1.165) is 11.1 Å². The molecule has 1 amide bonds. The molecule has 1 N–H and O–H groups in total. The van der Waals surface area contributed by atoms with Crippen LogP contribution in [0.1, 0.15) is 36.5 Å². The average molecular weight is 369 g/mol. The lowest BCUT2D eigenvalue weighted by Crippen LogP contribution is -2.21. The highest BCUT2D eigenvalue weighted by Gasteiger charge is 2.13. The Morgan fingerprint density at radius 1 is 1.00 bits per heavy atom. The van der Waals surface area contributed by atoms with Crippen LogP contribution in [-0.2, 0) is 11.3 Å². The van der Waals surface area contributed by atoms with E-state index in [0.29, 0.717) is 23.2 Å². The predicted octanol–water partition coefficient (Wildman–Crippen LogP) is 4.17. The maximum Gasteiger partial charge on any atom is 0.244 e. The summed E-state index contributed by atoms with van der Waals surface area (Å²) in [6.07, 6.45) is 3.31. The summed E-state index contributed by atoms with van der Waals surface area (Å²) in [6.45, 7) is 4.59. The van der Waals surface area contributed by atoms with Crippen LogP contribution in [0.25, 0.3) is 6.08 Å². The van der Waals surface area contributed by atoms with Crippen LogP contribution in [-0.4, -0.2) is 27.2 Å². The third kappa shape index (κ3) is 5.51. The van der Waals surface area contributed by atoms with Gasteiger partial charge in [0, 0.05) is 18.2 Å². The molecule has 0 aromatic heterocycles. The van der Waals surface area contributed by atoms with E-state index >= 15 is 0 Å². The number of carbonyl (C=O) groups excluding carboxylic acids is 1. The van der Waals surface area contributed by atoms with Gasteiger partial charge in [-0.3, -0.25) is 4.79 Å². The van der Waals surface area contributed by atoms with Gasteiger partial charge in [-0.15, -0.1) is 0 Å². The van der Waals surface area contributed by atoms with Crippen molar-refractivity contribution in [1.29, 1.82) is 0 Å². The molecule has 144 valence electrons. The maximum absolute atomic E-state index is 12.2. The summed E-state index contributed by atoms with van der Waals surface area (Å²) >= 11 is 0. The van der Waals surface area contributed by atoms with Crippen LogP contribution in [0.4, 0.5) is 0 Å². The monoisotopic (exact) mass is 369 g/mol. The third-order valence-electron chi connectivity index (χ3n) is 4.29. The summed E-state index contributed by atoms with van der Waals surface area (Å²) in [5.74, 6) is 2.12. The first-order valence-electron chi connectivity index (χ1n) is 8.83. The van der Waals surface area contributed by atoms with E-state index in [1.54, 1.807) is 39.5 Å². The summed E-state index contributed by atoms with van der Waals surface area (Å²) in [5, 5.41) is 2.86. The van der Waals surface area contributed by atoms with Crippen molar-refractivity contribution in [3.63, 3.8) is 0 Å². The molecule has 0 atom stereocenters. The lowest BCUT2D eigenvalue weighted by atomic mass is 10.0. The number of methoxy groups -OCH3 is 3. The Labute approximate surface area is 161 Å². The SMILES string of the molecule is COc1cc(OC)c(CNC(=O)/C=C/c2ccc(C(C)C)cc2)c(OC)c1. The van der Waals surface area contributed by atoms with Crippen molar-refractivity contribution in [2.45, 2.75) is 26.3 Å². The Morgan fingerprint density at radius 2 is 1.59 bits per heavy atom. The Kier molecular flexibility index (Phi) is 7.29. The van der Waals surface area contributed by atoms with E-state index in [9.17, 15) is 4.79 Å². The van der Waals surface area contributed by atoms with Gasteiger partial charge in [0.15, 0.2) is 0 Å². The van der Waals surface area contributed by atoms with Gasteiger partial charge in [0.2, 0.25) is 5.91 Å². The molecule has 5 nitrogen and oxygen atoms in total. The zero-order valence-corrected chi connectivity index (χ0v) is 16.5.